The highest BCUT2D eigenvalue weighted by molar-refractivity contribution is 7.90. The van der Waals surface area contributed by atoms with E-state index in [0.717, 1.165) is 11.8 Å². The SMILES string of the molecule is CC(Cc1ccc(Cl)cc1Cl)C(=O)Nc1cccc(OCCS(C)(=O)=O)c1. The maximum Gasteiger partial charge on any atom is 0.227 e. The van der Waals surface area contributed by atoms with Crippen LogP contribution in [0.4, 0.5) is 5.69 Å². The van der Waals surface area contributed by atoms with Gasteiger partial charge in [0.1, 0.15) is 12.4 Å². The van der Waals surface area contributed by atoms with Gasteiger partial charge in [-0.1, -0.05) is 42.3 Å². The van der Waals surface area contributed by atoms with Crippen molar-refractivity contribution in [3.05, 3.63) is 58.1 Å². The summed E-state index contributed by atoms with van der Waals surface area (Å²) < 4.78 is 27.7. The van der Waals surface area contributed by atoms with Crippen LogP contribution < -0.4 is 10.1 Å². The predicted molar refractivity (Wildman–Crippen MR) is 110 cm³/mol. The van der Waals surface area contributed by atoms with Gasteiger partial charge in [-0.3, -0.25) is 4.79 Å². The third kappa shape index (κ3) is 7.40. The second-order valence-electron chi connectivity index (χ2n) is 6.34. The van der Waals surface area contributed by atoms with Gasteiger partial charge >= 0.3 is 0 Å². The number of halogens is 2. The topological polar surface area (TPSA) is 72.5 Å². The van der Waals surface area contributed by atoms with Gasteiger partial charge in [-0.15, -0.1) is 0 Å². The van der Waals surface area contributed by atoms with Gasteiger partial charge in [0.05, 0.1) is 5.75 Å². The lowest BCUT2D eigenvalue weighted by atomic mass is 10.00. The zero-order chi connectivity index (χ0) is 20.0. The Bertz CT molecular complexity index is 916. The number of sulfone groups is 1. The second kappa shape index (κ2) is 9.44. The fraction of sp³-hybridized carbons (Fsp3) is 0.316. The molecule has 5 nitrogen and oxygen atoms in total. The fourth-order valence-corrected chi connectivity index (χ4v) is 3.22. The molecule has 1 atom stereocenters. The van der Waals surface area contributed by atoms with Crippen LogP contribution in [0.15, 0.2) is 42.5 Å². The number of hydrogen-bond donors (Lipinski definition) is 1. The smallest absolute Gasteiger partial charge is 0.227 e. The molecular formula is C19H21Cl2NO4S. The van der Waals surface area contributed by atoms with Crippen molar-refractivity contribution in [1.82, 2.24) is 0 Å². The summed E-state index contributed by atoms with van der Waals surface area (Å²) in [5.74, 6) is -0.0414. The molecule has 8 heteroatoms. The van der Waals surface area contributed by atoms with Gasteiger partial charge in [0, 0.05) is 34.0 Å². The number of amides is 1. The van der Waals surface area contributed by atoms with Crippen LogP contribution in [0.25, 0.3) is 0 Å². The number of ether oxygens (including phenoxy) is 1. The lowest BCUT2D eigenvalue weighted by Crippen LogP contribution is -2.22. The van der Waals surface area contributed by atoms with E-state index < -0.39 is 9.84 Å². The Kier molecular flexibility index (Phi) is 7.53. The molecule has 1 unspecified atom stereocenters. The van der Waals surface area contributed by atoms with Crippen LogP contribution in [0.2, 0.25) is 10.0 Å². The predicted octanol–water partition coefficient (Wildman–Crippen LogP) is 4.23. The van der Waals surface area contributed by atoms with Crippen molar-refractivity contribution in [3.8, 4) is 5.75 Å². The number of benzene rings is 2. The molecular weight excluding hydrogens is 409 g/mol. The first-order valence-electron chi connectivity index (χ1n) is 8.29. The van der Waals surface area contributed by atoms with Crippen molar-refractivity contribution in [2.75, 3.05) is 23.9 Å². The number of carbonyl (C=O) groups is 1. The highest BCUT2D eigenvalue weighted by atomic mass is 35.5. The summed E-state index contributed by atoms with van der Waals surface area (Å²) in [5.41, 5.74) is 1.42. The zero-order valence-corrected chi connectivity index (χ0v) is 17.4. The van der Waals surface area contributed by atoms with Crippen molar-refractivity contribution >= 4 is 44.6 Å². The van der Waals surface area contributed by atoms with Gasteiger partial charge in [0.2, 0.25) is 5.91 Å². The van der Waals surface area contributed by atoms with Crippen LogP contribution in [-0.4, -0.2) is 32.9 Å². The number of rotatable bonds is 8. The molecule has 2 aromatic rings. The van der Waals surface area contributed by atoms with Crippen molar-refractivity contribution in [3.63, 3.8) is 0 Å². The Morgan fingerprint density at radius 2 is 1.93 bits per heavy atom. The molecule has 0 fully saturated rings. The second-order valence-corrected chi connectivity index (χ2v) is 9.44. The molecule has 0 aromatic heterocycles. The van der Waals surface area contributed by atoms with Gasteiger partial charge in [0.15, 0.2) is 9.84 Å². The molecule has 2 aromatic carbocycles. The van der Waals surface area contributed by atoms with Crippen molar-refractivity contribution in [1.29, 1.82) is 0 Å². The molecule has 146 valence electrons. The molecule has 2 rings (SSSR count). The summed E-state index contributed by atoms with van der Waals surface area (Å²) in [6.07, 6.45) is 1.63. The Balaban J connectivity index is 1.95. The largest absolute Gasteiger partial charge is 0.492 e. The van der Waals surface area contributed by atoms with Crippen LogP contribution in [0.5, 0.6) is 5.75 Å². The molecule has 0 spiro atoms. The van der Waals surface area contributed by atoms with Crippen LogP contribution in [0, 0.1) is 5.92 Å². The van der Waals surface area contributed by atoms with E-state index in [1.54, 1.807) is 36.4 Å². The van der Waals surface area contributed by atoms with Crippen molar-refractivity contribution in [2.45, 2.75) is 13.3 Å². The average Bonchev–Trinajstić information content (AvgIpc) is 2.56. The molecule has 27 heavy (non-hydrogen) atoms. The summed E-state index contributed by atoms with van der Waals surface area (Å²) in [6, 6.07) is 12.0. The van der Waals surface area contributed by atoms with Gasteiger partial charge < -0.3 is 10.1 Å². The van der Waals surface area contributed by atoms with Gasteiger partial charge in [0.25, 0.3) is 0 Å². The maximum atomic E-state index is 12.5. The first kappa shape index (κ1) is 21.5. The van der Waals surface area contributed by atoms with E-state index in [-0.39, 0.29) is 24.2 Å². The number of anilines is 1. The molecule has 0 aliphatic carbocycles. The first-order chi connectivity index (χ1) is 12.6. The van der Waals surface area contributed by atoms with Crippen molar-refractivity contribution < 1.29 is 17.9 Å². The average molecular weight is 430 g/mol. The summed E-state index contributed by atoms with van der Waals surface area (Å²) in [4.78, 5) is 12.5. The third-order valence-electron chi connectivity index (χ3n) is 3.81. The lowest BCUT2D eigenvalue weighted by Gasteiger charge is -2.14. The summed E-state index contributed by atoms with van der Waals surface area (Å²) in [7, 11) is -3.08. The molecule has 0 radical (unpaired) electrons. The summed E-state index contributed by atoms with van der Waals surface area (Å²) in [5, 5.41) is 3.91. The number of hydrogen-bond acceptors (Lipinski definition) is 4. The molecule has 0 heterocycles. The van der Waals surface area contributed by atoms with Crippen molar-refractivity contribution in [2.24, 2.45) is 5.92 Å². The monoisotopic (exact) mass is 429 g/mol. The van der Waals surface area contributed by atoms with Crippen LogP contribution in [0.1, 0.15) is 12.5 Å². The molecule has 1 amide bonds. The van der Waals surface area contributed by atoms with Gasteiger partial charge in [-0.2, -0.15) is 0 Å². The molecule has 0 saturated heterocycles. The highest BCUT2D eigenvalue weighted by Gasteiger charge is 2.16. The highest BCUT2D eigenvalue weighted by Crippen LogP contribution is 2.24. The number of nitrogens with one attached hydrogen (secondary N) is 1. The lowest BCUT2D eigenvalue weighted by molar-refractivity contribution is -0.119. The summed E-state index contributed by atoms with van der Waals surface area (Å²) in [6.45, 7) is 1.87. The molecule has 1 N–H and O–H groups in total. The van der Waals surface area contributed by atoms with Crippen LogP contribution in [-0.2, 0) is 21.1 Å². The van der Waals surface area contributed by atoms with Gasteiger partial charge in [-0.05, 0) is 36.2 Å². The Morgan fingerprint density at radius 3 is 2.59 bits per heavy atom. The van der Waals surface area contributed by atoms with E-state index in [9.17, 15) is 13.2 Å². The standard InChI is InChI=1S/C19H21Cl2NO4S/c1-13(10-14-6-7-15(20)11-18(14)21)19(23)22-16-4-3-5-17(12-16)26-8-9-27(2,24)25/h3-7,11-13H,8-10H2,1-2H3,(H,22,23). The molecule has 0 aliphatic rings. The third-order valence-corrected chi connectivity index (χ3v) is 5.31. The maximum absolute atomic E-state index is 12.5. The van der Waals surface area contributed by atoms with Crippen LogP contribution in [0.3, 0.4) is 0 Å². The minimum Gasteiger partial charge on any atom is -0.492 e. The normalized spacial score (nSPS) is 12.4. The Hall–Kier alpha value is -1.76. The Labute approximate surface area is 169 Å². The van der Waals surface area contributed by atoms with E-state index in [4.69, 9.17) is 27.9 Å². The Morgan fingerprint density at radius 1 is 1.19 bits per heavy atom. The molecule has 0 bridgehead atoms. The fourth-order valence-electron chi connectivity index (χ4n) is 2.35. The first-order valence-corrected chi connectivity index (χ1v) is 11.1. The van der Waals surface area contributed by atoms with E-state index in [2.05, 4.69) is 5.32 Å². The quantitative estimate of drug-likeness (QED) is 0.680. The number of carbonyl (C=O) groups excluding carboxylic acids is 1. The van der Waals surface area contributed by atoms with E-state index in [1.165, 1.54) is 0 Å². The van der Waals surface area contributed by atoms with E-state index in [0.29, 0.717) is 27.9 Å². The minimum atomic E-state index is -3.08. The van der Waals surface area contributed by atoms with E-state index >= 15 is 0 Å². The van der Waals surface area contributed by atoms with E-state index in [1.807, 2.05) is 13.0 Å². The zero-order valence-electron chi connectivity index (χ0n) is 15.0. The molecule has 0 saturated carbocycles. The van der Waals surface area contributed by atoms with Crippen LogP contribution >= 0.6 is 23.2 Å². The van der Waals surface area contributed by atoms with Gasteiger partial charge in [-0.25, -0.2) is 8.42 Å². The minimum absolute atomic E-state index is 0.0572. The summed E-state index contributed by atoms with van der Waals surface area (Å²) >= 11 is 12.1. The molecule has 0 aliphatic heterocycles.